The first-order chi connectivity index (χ1) is 5.54. The first kappa shape index (κ1) is 9.13. The molecule has 0 saturated carbocycles. The highest BCUT2D eigenvalue weighted by Gasteiger charge is 2.16. The van der Waals surface area contributed by atoms with Crippen LogP contribution < -0.4 is 5.19 Å². The van der Waals surface area contributed by atoms with Gasteiger partial charge in [0.25, 0.3) is 0 Å². The van der Waals surface area contributed by atoms with Crippen molar-refractivity contribution in [3.63, 3.8) is 0 Å². The van der Waals surface area contributed by atoms with Crippen LogP contribution in [0, 0.1) is 4.91 Å². The number of nitrogens with zero attached hydrogens (tertiary/aromatic N) is 1. The summed E-state index contributed by atoms with van der Waals surface area (Å²) in [5.41, 5.74) is 0.537. The molecule has 0 aromatic heterocycles. The van der Waals surface area contributed by atoms with Crippen molar-refractivity contribution < 1.29 is 0 Å². The van der Waals surface area contributed by atoms with Crippen LogP contribution in [0.3, 0.4) is 0 Å². The van der Waals surface area contributed by atoms with E-state index in [4.69, 9.17) is 0 Å². The van der Waals surface area contributed by atoms with Gasteiger partial charge in [-0.25, -0.2) is 0 Å². The molecule has 0 unspecified atom stereocenters. The Morgan fingerprint density at radius 3 is 2.42 bits per heavy atom. The monoisotopic (exact) mass is 179 g/mol. The average molecular weight is 179 g/mol. The maximum Gasteiger partial charge on any atom is 0.107 e. The highest BCUT2D eigenvalue weighted by Crippen LogP contribution is 2.11. The first-order valence-corrected chi connectivity index (χ1v) is 7.48. The summed E-state index contributed by atoms with van der Waals surface area (Å²) in [5, 5.41) is 4.19. The molecule has 0 aliphatic carbocycles. The summed E-state index contributed by atoms with van der Waals surface area (Å²) < 4.78 is 0. The highest BCUT2D eigenvalue weighted by molar-refractivity contribution is 6.88. The SMILES string of the molecule is C[Si](C)(C)c1cccc(N=O)c1. The second kappa shape index (κ2) is 3.19. The summed E-state index contributed by atoms with van der Waals surface area (Å²) in [6, 6.07) is 7.58. The third kappa shape index (κ3) is 2.01. The van der Waals surface area contributed by atoms with E-state index in [1.54, 1.807) is 6.07 Å². The minimum atomic E-state index is -1.28. The molecule has 0 amide bonds. The van der Waals surface area contributed by atoms with E-state index in [0.717, 1.165) is 0 Å². The topological polar surface area (TPSA) is 29.4 Å². The Hall–Kier alpha value is -0.963. The molecular formula is C9H13NOSi. The summed E-state index contributed by atoms with van der Waals surface area (Å²) in [6.45, 7) is 6.74. The summed E-state index contributed by atoms with van der Waals surface area (Å²) in [7, 11) is -1.28. The molecule has 0 spiro atoms. The average Bonchev–Trinajstić information content (AvgIpc) is 2.03. The fourth-order valence-corrected chi connectivity index (χ4v) is 2.21. The second-order valence-corrected chi connectivity index (χ2v) is 8.97. The highest BCUT2D eigenvalue weighted by atomic mass is 28.3. The van der Waals surface area contributed by atoms with Crippen LogP contribution in [-0.2, 0) is 0 Å². The van der Waals surface area contributed by atoms with E-state index in [1.165, 1.54) is 5.19 Å². The quantitative estimate of drug-likeness (QED) is 0.507. The van der Waals surface area contributed by atoms with Crippen LogP contribution in [0.25, 0.3) is 0 Å². The van der Waals surface area contributed by atoms with E-state index in [0.29, 0.717) is 5.69 Å². The number of nitroso groups, excluding NO2 is 1. The van der Waals surface area contributed by atoms with Crippen molar-refractivity contribution in [3.05, 3.63) is 29.2 Å². The van der Waals surface area contributed by atoms with Crippen LogP contribution >= 0.6 is 0 Å². The maximum absolute atomic E-state index is 10.3. The third-order valence-corrected chi connectivity index (χ3v) is 3.86. The molecule has 0 saturated heterocycles. The number of hydrogen-bond acceptors (Lipinski definition) is 2. The van der Waals surface area contributed by atoms with Crippen LogP contribution in [-0.4, -0.2) is 8.07 Å². The Balaban J connectivity index is 3.10. The molecule has 0 bridgehead atoms. The van der Waals surface area contributed by atoms with Gasteiger partial charge in [-0.15, -0.1) is 4.91 Å². The second-order valence-electron chi connectivity index (χ2n) is 3.89. The van der Waals surface area contributed by atoms with E-state index in [1.807, 2.05) is 12.1 Å². The van der Waals surface area contributed by atoms with Gasteiger partial charge in [0.15, 0.2) is 0 Å². The fraction of sp³-hybridized carbons (Fsp3) is 0.333. The largest absolute Gasteiger partial charge is 0.145 e. The molecule has 0 aliphatic heterocycles. The first-order valence-electron chi connectivity index (χ1n) is 3.98. The Morgan fingerprint density at radius 1 is 1.25 bits per heavy atom. The molecule has 2 nitrogen and oxygen atoms in total. The number of rotatable bonds is 2. The molecule has 0 fully saturated rings. The van der Waals surface area contributed by atoms with Crippen molar-refractivity contribution in [2.75, 3.05) is 0 Å². The molecule has 1 aromatic rings. The van der Waals surface area contributed by atoms with E-state index >= 15 is 0 Å². The molecule has 12 heavy (non-hydrogen) atoms. The lowest BCUT2D eigenvalue weighted by Crippen LogP contribution is -2.37. The van der Waals surface area contributed by atoms with Gasteiger partial charge >= 0.3 is 0 Å². The molecular weight excluding hydrogens is 166 g/mol. The Bertz CT molecular complexity index is 291. The van der Waals surface area contributed by atoms with Gasteiger partial charge in [-0.3, -0.25) is 0 Å². The third-order valence-electron chi connectivity index (χ3n) is 1.82. The normalized spacial score (nSPS) is 11.2. The Morgan fingerprint density at radius 2 is 1.92 bits per heavy atom. The summed E-state index contributed by atoms with van der Waals surface area (Å²) in [4.78, 5) is 10.3. The zero-order valence-corrected chi connectivity index (χ0v) is 8.66. The molecule has 64 valence electrons. The molecule has 0 aliphatic rings. The Kier molecular flexibility index (Phi) is 2.42. The molecule has 0 radical (unpaired) electrons. The minimum absolute atomic E-state index is 0.537. The van der Waals surface area contributed by atoms with E-state index in [9.17, 15) is 4.91 Å². The van der Waals surface area contributed by atoms with E-state index in [2.05, 4.69) is 30.9 Å². The lowest BCUT2D eigenvalue weighted by Gasteiger charge is -2.15. The lowest BCUT2D eigenvalue weighted by molar-refractivity contribution is 1.50. The molecule has 3 heteroatoms. The van der Waals surface area contributed by atoms with Gasteiger partial charge in [-0.05, 0) is 17.3 Å². The number of hydrogen-bond donors (Lipinski definition) is 0. The fourth-order valence-electron chi connectivity index (χ4n) is 1.03. The predicted octanol–water partition coefficient (Wildman–Crippen LogP) is 2.63. The standard InChI is InChI=1S/C9H13NOSi/c1-12(2,3)9-6-4-5-8(7-9)10-11/h4-7H,1-3H3. The van der Waals surface area contributed by atoms with Crippen LogP contribution in [0.2, 0.25) is 19.6 Å². The van der Waals surface area contributed by atoms with Gasteiger partial charge < -0.3 is 0 Å². The Labute approximate surface area is 73.6 Å². The molecule has 1 aromatic carbocycles. The zero-order valence-electron chi connectivity index (χ0n) is 7.66. The van der Waals surface area contributed by atoms with Crippen molar-refractivity contribution in [1.82, 2.24) is 0 Å². The predicted molar refractivity (Wildman–Crippen MR) is 54.9 cm³/mol. The molecule has 1 rings (SSSR count). The van der Waals surface area contributed by atoms with Gasteiger partial charge in [0.2, 0.25) is 0 Å². The van der Waals surface area contributed by atoms with Crippen LogP contribution in [0.15, 0.2) is 29.4 Å². The van der Waals surface area contributed by atoms with Gasteiger partial charge in [0, 0.05) is 0 Å². The smallest absolute Gasteiger partial charge is 0.107 e. The van der Waals surface area contributed by atoms with E-state index in [-0.39, 0.29) is 0 Å². The van der Waals surface area contributed by atoms with Crippen LogP contribution in [0.5, 0.6) is 0 Å². The molecule has 0 atom stereocenters. The van der Waals surface area contributed by atoms with E-state index < -0.39 is 8.07 Å². The van der Waals surface area contributed by atoms with Crippen molar-refractivity contribution in [3.8, 4) is 0 Å². The molecule has 0 N–H and O–H groups in total. The lowest BCUT2D eigenvalue weighted by atomic mass is 10.3. The van der Waals surface area contributed by atoms with Crippen LogP contribution in [0.1, 0.15) is 0 Å². The van der Waals surface area contributed by atoms with Crippen LogP contribution in [0.4, 0.5) is 5.69 Å². The summed E-state index contributed by atoms with van der Waals surface area (Å²) >= 11 is 0. The zero-order chi connectivity index (χ0) is 9.19. The van der Waals surface area contributed by atoms with Gasteiger partial charge in [0.1, 0.15) is 5.69 Å². The van der Waals surface area contributed by atoms with Gasteiger partial charge in [0.05, 0.1) is 8.07 Å². The van der Waals surface area contributed by atoms with Gasteiger partial charge in [-0.1, -0.05) is 37.0 Å². The molecule has 0 heterocycles. The minimum Gasteiger partial charge on any atom is -0.145 e. The van der Waals surface area contributed by atoms with Crippen molar-refractivity contribution in [1.29, 1.82) is 0 Å². The number of benzene rings is 1. The maximum atomic E-state index is 10.3. The van der Waals surface area contributed by atoms with Gasteiger partial charge in [-0.2, -0.15) is 0 Å². The van der Waals surface area contributed by atoms with Crippen molar-refractivity contribution >= 4 is 18.9 Å². The summed E-state index contributed by atoms with van der Waals surface area (Å²) in [6.07, 6.45) is 0. The summed E-state index contributed by atoms with van der Waals surface area (Å²) in [5.74, 6) is 0. The van der Waals surface area contributed by atoms with Crippen molar-refractivity contribution in [2.45, 2.75) is 19.6 Å². The van der Waals surface area contributed by atoms with Crippen molar-refractivity contribution in [2.24, 2.45) is 5.18 Å².